The first-order valence-corrected chi connectivity index (χ1v) is 4.73. The Hall–Kier alpha value is -1.18. The molecule has 0 heterocycles. The first-order valence-electron chi connectivity index (χ1n) is 4.73. The van der Waals surface area contributed by atoms with Gasteiger partial charge >= 0.3 is 0 Å². The minimum Gasteiger partial charge on any atom is -0.506 e. The number of nitrogens with zero attached hydrogens (tertiary/aromatic N) is 1. The van der Waals surface area contributed by atoms with Crippen molar-refractivity contribution in [1.82, 2.24) is 0 Å². The van der Waals surface area contributed by atoms with Crippen LogP contribution in [0.25, 0.3) is 0 Å². The van der Waals surface area contributed by atoms with Gasteiger partial charge in [-0.25, -0.2) is 0 Å². The Labute approximate surface area is 79.8 Å². The van der Waals surface area contributed by atoms with Gasteiger partial charge < -0.3 is 10.0 Å². The van der Waals surface area contributed by atoms with Crippen molar-refractivity contribution in [3.8, 4) is 5.75 Å². The van der Waals surface area contributed by atoms with Gasteiger partial charge in [0.1, 0.15) is 5.75 Å². The lowest BCUT2D eigenvalue weighted by molar-refractivity contribution is 0.474. The second kappa shape index (κ2) is 4.17. The van der Waals surface area contributed by atoms with Crippen LogP contribution in [0.2, 0.25) is 0 Å². The molecule has 0 saturated carbocycles. The number of aromatic hydroxyl groups is 1. The van der Waals surface area contributed by atoms with Crippen molar-refractivity contribution in [3.63, 3.8) is 0 Å². The van der Waals surface area contributed by atoms with Crippen LogP contribution in [0, 0.1) is 6.92 Å². The molecule has 0 amide bonds. The molecule has 0 fully saturated rings. The number of hydrogen-bond donors (Lipinski definition) is 1. The highest BCUT2D eigenvalue weighted by atomic mass is 16.3. The fourth-order valence-corrected chi connectivity index (χ4v) is 1.47. The fourth-order valence-electron chi connectivity index (χ4n) is 1.47. The number of rotatable bonds is 3. The Morgan fingerprint density at radius 3 is 2.31 bits per heavy atom. The Bertz CT molecular complexity index is 279. The molecule has 2 nitrogen and oxygen atoms in total. The molecule has 0 unspecified atom stereocenters. The van der Waals surface area contributed by atoms with E-state index >= 15 is 0 Å². The lowest BCUT2D eigenvalue weighted by Crippen LogP contribution is -2.21. The molecule has 2 heteroatoms. The topological polar surface area (TPSA) is 23.5 Å². The normalized spacial score (nSPS) is 10.1. The highest BCUT2D eigenvalue weighted by molar-refractivity contribution is 5.58. The Morgan fingerprint density at radius 1 is 1.23 bits per heavy atom. The summed E-state index contributed by atoms with van der Waals surface area (Å²) in [5.74, 6) is 0.378. The van der Waals surface area contributed by atoms with Gasteiger partial charge in [0.05, 0.1) is 5.69 Å². The highest BCUT2D eigenvalue weighted by Crippen LogP contribution is 2.27. The van der Waals surface area contributed by atoms with Crippen molar-refractivity contribution in [3.05, 3.63) is 23.8 Å². The molecular weight excluding hydrogens is 162 g/mol. The van der Waals surface area contributed by atoms with E-state index in [0.29, 0.717) is 5.75 Å². The Balaban J connectivity index is 2.99. The molecule has 13 heavy (non-hydrogen) atoms. The van der Waals surface area contributed by atoms with Gasteiger partial charge in [0, 0.05) is 13.1 Å². The summed E-state index contributed by atoms with van der Waals surface area (Å²) in [6, 6.07) is 5.79. The molecule has 0 spiro atoms. The molecule has 1 aromatic carbocycles. The van der Waals surface area contributed by atoms with Crippen LogP contribution in [0.4, 0.5) is 5.69 Å². The van der Waals surface area contributed by atoms with Gasteiger partial charge in [-0.05, 0) is 38.5 Å². The van der Waals surface area contributed by atoms with E-state index in [-0.39, 0.29) is 0 Å². The summed E-state index contributed by atoms with van der Waals surface area (Å²) in [6.45, 7) is 8.00. The third-order valence-corrected chi connectivity index (χ3v) is 2.24. The molecule has 0 aliphatic heterocycles. The maximum atomic E-state index is 9.68. The SMILES string of the molecule is CCN(CC)c1ccc(C)cc1O. The van der Waals surface area contributed by atoms with Crippen molar-refractivity contribution in [1.29, 1.82) is 0 Å². The maximum absolute atomic E-state index is 9.68. The molecule has 0 aliphatic carbocycles. The minimum atomic E-state index is 0.378. The summed E-state index contributed by atoms with van der Waals surface area (Å²) in [4.78, 5) is 2.13. The molecule has 0 radical (unpaired) electrons. The molecule has 0 aromatic heterocycles. The monoisotopic (exact) mass is 179 g/mol. The lowest BCUT2D eigenvalue weighted by atomic mass is 10.2. The fraction of sp³-hybridized carbons (Fsp3) is 0.455. The third-order valence-electron chi connectivity index (χ3n) is 2.24. The first-order chi connectivity index (χ1) is 6.19. The number of benzene rings is 1. The van der Waals surface area contributed by atoms with Gasteiger partial charge in [-0.3, -0.25) is 0 Å². The van der Waals surface area contributed by atoms with E-state index in [9.17, 15) is 5.11 Å². The summed E-state index contributed by atoms with van der Waals surface area (Å²) in [5, 5.41) is 9.68. The van der Waals surface area contributed by atoms with Gasteiger partial charge in [-0.1, -0.05) is 6.07 Å². The van der Waals surface area contributed by atoms with Crippen LogP contribution >= 0.6 is 0 Å². The van der Waals surface area contributed by atoms with Gasteiger partial charge in [-0.15, -0.1) is 0 Å². The largest absolute Gasteiger partial charge is 0.506 e. The quantitative estimate of drug-likeness (QED) is 0.770. The molecule has 0 atom stereocenters. The van der Waals surface area contributed by atoms with Crippen LogP contribution in [0.5, 0.6) is 5.75 Å². The number of aryl methyl sites for hydroxylation is 1. The second-order valence-corrected chi connectivity index (χ2v) is 3.16. The van der Waals surface area contributed by atoms with Crippen LogP contribution < -0.4 is 4.90 Å². The van der Waals surface area contributed by atoms with Crippen molar-refractivity contribution >= 4 is 5.69 Å². The summed E-state index contributed by atoms with van der Waals surface area (Å²) >= 11 is 0. The van der Waals surface area contributed by atoms with E-state index in [2.05, 4.69) is 18.7 Å². The van der Waals surface area contributed by atoms with Crippen molar-refractivity contribution in [2.75, 3.05) is 18.0 Å². The van der Waals surface area contributed by atoms with Crippen LogP contribution in [0.3, 0.4) is 0 Å². The second-order valence-electron chi connectivity index (χ2n) is 3.16. The van der Waals surface area contributed by atoms with Crippen LogP contribution in [0.15, 0.2) is 18.2 Å². The first kappa shape index (κ1) is 9.90. The molecule has 1 aromatic rings. The van der Waals surface area contributed by atoms with E-state index < -0.39 is 0 Å². The van der Waals surface area contributed by atoms with Crippen LogP contribution in [-0.2, 0) is 0 Å². The molecule has 1 N–H and O–H groups in total. The summed E-state index contributed by atoms with van der Waals surface area (Å²) in [5.41, 5.74) is 2.02. The highest BCUT2D eigenvalue weighted by Gasteiger charge is 2.06. The number of anilines is 1. The zero-order valence-corrected chi connectivity index (χ0v) is 8.54. The molecular formula is C11H17NO. The standard InChI is InChI=1S/C11H17NO/c1-4-12(5-2)10-7-6-9(3)8-11(10)13/h6-8,13H,4-5H2,1-3H3. The number of hydrogen-bond acceptors (Lipinski definition) is 2. The third kappa shape index (κ3) is 2.14. The lowest BCUT2D eigenvalue weighted by Gasteiger charge is -2.22. The summed E-state index contributed by atoms with van der Waals surface area (Å²) < 4.78 is 0. The van der Waals surface area contributed by atoms with Crippen molar-refractivity contribution < 1.29 is 5.11 Å². The summed E-state index contributed by atoms with van der Waals surface area (Å²) in [6.07, 6.45) is 0. The van der Waals surface area contributed by atoms with Crippen LogP contribution in [-0.4, -0.2) is 18.2 Å². The molecule has 0 saturated heterocycles. The van der Waals surface area contributed by atoms with Crippen LogP contribution in [0.1, 0.15) is 19.4 Å². The van der Waals surface area contributed by atoms with E-state index in [0.717, 1.165) is 24.3 Å². The predicted molar refractivity (Wildman–Crippen MR) is 56.4 cm³/mol. The molecule has 0 bridgehead atoms. The smallest absolute Gasteiger partial charge is 0.139 e. The maximum Gasteiger partial charge on any atom is 0.139 e. The Kier molecular flexibility index (Phi) is 3.18. The Morgan fingerprint density at radius 2 is 1.85 bits per heavy atom. The van der Waals surface area contributed by atoms with Crippen molar-refractivity contribution in [2.24, 2.45) is 0 Å². The molecule has 0 aliphatic rings. The van der Waals surface area contributed by atoms with E-state index in [1.54, 1.807) is 6.07 Å². The van der Waals surface area contributed by atoms with Gasteiger partial charge in [0.2, 0.25) is 0 Å². The van der Waals surface area contributed by atoms with E-state index in [4.69, 9.17) is 0 Å². The van der Waals surface area contributed by atoms with Crippen molar-refractivity contribution in [2.45, 2.75) is 20.8 Å². The number of phenolic OH excluding ortho intramolecular Hbond substituents is 1. The zero-order chi connectivity index (χ0) is 9.84. The average Bonchev–Trinajstić information content (AvgIpc) is 2.10. The van der Waals surface area contributed by atoms with E-state index in [1.165, 1.54) is 0 Å². The van der Waals surface area contributed by atoms with E-state index in [1.807, 2.05) is 19.1 Å². The van der Waals surface area contributed by atoms with Gasteiger partial charge in [-0.2, -0.15) is 0 Å². The molecule has 72 valence electrons. The van der Waals surface area contributed by atoms with Gasteiger partial charge in [0.15, 0.2) is 0 Å². The summed E-state index contributed by atoms with van der Waals surface area (Å²) in [7, 11) is 0. The number of phenols is 1. The zero-order valence-electron chi connectivity index (χ0n) is 8.54. The molecule has 1 rings (SSSR count). The average molecular weight is 179 g/mol. The van der Waals surface area contributed by atoms with Gasteiger partial charge in [0.25, 0.3) is 0 Å². The predicted octanol–water partition coefficient (Wildman–Crippen LogP) is 2.55. The minimum absolute atomic E-state index is 0.378.